The van der Waals surface area contributed by atoms with E-state index in [0.29, 0.717) is 0 Å². The molecule has 2 saturated heterocycles. The maximum Gasteiger partial charge on any atom is 0.314 e. The van der Waals surface area contributed by atoms with Crippen LogP contribution in [0.25, 0.3) is 0 Å². The van der Waals surface area contributed by atoms with E-state index in [1.165, 1.54) is 7.11 Å². The Balaban J connectivity index is 2.32. The normalized spacial score (nSPS) is 29.9. The zero-order valence-corrected chi connectivity index (χ0v) is 25.1. The van der Waals surface area contributed by atoms with Crippen LogP contribution in [0, 0.1) is 5.92 Å². The number of carbonyl (C=O) groups is 1. The SMILES string of the molecule is COCO[C@@H]([C@H](O)[C@@H](C(=O)OC)[C@H](O)C[C@H]1O[C@@H]2OC(C)(C)O[C@@H]2[C@H]1O[Si](C)(C)C(C)(C)C)[C@H](Cl)CO. The summed E-state index contributed by atoms with van der Waals surface area (Å²) in [5, 5.41) is 30.7. The third kappa shape index (κ3) is 7.85. The minimum absolute atomic E-state index is 0.0979. The minimum Gasteiger partial charge on any atom is -0.469 e. The monoisotopic (exact) mass is 572 g/mol. The molecular formula is C24H45ClO11Si. The second-order valence-electron chi connectivity index (χ2n) is 11.6. The molecule has 0 aromatic rings. The summed E-state index contributed by atoms with van der Waals surface area (Å²) in [6.07, 6.45) is -6.96. The van der Waals surface area contributed by atoms with E-state index in [2.05, 4.69) is 33.9 Å². The maximum atomic E-state index is 12.7. The molecule has 0 bridgehead atoms. The van der Waals surface area contributed by atoms with Crippen molar-refractivity contribution in [3.63, 3.8) is 0 Å². The molecule has 2 aliphatic heterocycles. The lowest BCUT2D eigenvalue weighted by molar-refractivity contribution is -0.218. The lowest BCUT2D eigenvalue weighted by Gasteiger charge is -2.41. The number of aliphatic hydroxyl groups excluding tert-OH is 3. The van der Waals surface area contributed by atoms with Gasteiger partial charge in [-0.05, 0) is 32.0 Å². The van der Waals surface area contributed by atoms with Crippen LogP contribution in [-0.4, -0.2) is 111 Å². The third-order valence-electron chi connectivity index (χ3n) is 7.30. The van der Waals surface area contributed by atoms with Crippen LogP contribution < -0.4 is 0 Å². The molecule has 13 heteroatoms. The van der Waals surface area contributed by atoms with Crippen LogP contribution >= 0.6 is 11.6 Å². The number of ether oxygens (including phenoxy) is 6. The number of esters is 1. The number of fused-ring (bicyclic) bond motifs is 1. The van der Waals surface area contributed by atoms with Gasteiger partial charge >= 0.3 is 5.97 Å². The van der Waals surface area contributed by atoms with Crippen LogP contribution in [0.15, 0.2) is 0 Å². The largest absolute Gasteiger partial charge is 0.469 e. The molecule has 3 N–H and O–H groups in total. The highest BCUT2D eigenvalue weighted by Gasteiger charge is 2.58. The first kappa shape index (κ1) is 32.8. The van der Waals surface area contributed by atoms with Crippen LogP contribution in [0.3, 0.4) is 0 Å². The van der Waals surface area contributed by atoms with E-state index < -0.39 is 80.9 Å². The highest BCUT2D eigenvalue weighted by atomic mass is 35.5. The van der Waals surface area contributed by atoms with Crippen LogP contribution in [0.4, 0.5) is 0 Å². The summed E-state index contributed by atoms with van der Waals surface area (Å²) in [6.45, 7) is 13.3. The molecule has 2 fully saturated rings. The molecule has 11 nitrogen and oxygen atoms in total. The fourth-order valence-electron chi connectivity index (χ4n) is 4.31. The minimum atomic E-state index is -2.32. The number of methoxy groups -OCH3 is 2. The van der Waals surface area contributed by atoms with Crippen molar-refractivity contribution in [3.8, 4) is 0 Å². The van der Waals surface area contributed by atoms with Gasteiger partial charge in [-0.2, -0.15) is 0 Å². The topological polar surface area (TPSA) is 142 Å². The molecule has 2 rings (SSSR count). The Hall–Kier alpha value is -0.383. The van der Waals surface area contributed by atoms with Gasteiger partial charge in [-0.25, -0.2) is 0 Å². The van der Waals surface area contributed by atoms with Gasteiger partial charge in [0, 0.05) is 13.5 Å². The van der Waals surface area contributed by atoms with Gasteiger partial charge in [0.25, 0.3) is 0 Å². The van der Waals surface area contributed by atoms with Crippen molar-refractivity contribution >= 4 is 25.9 Å². The zero-order chi connectivity index (χ0) is 28.3. The number of rotatable bonds is 13. The Bertz CT molecular complexity index is 747. The first-order valence-corrected chi connectivity index (χ1v) is 15.8. The smallest absolute Gasteiger partial charge is 0.314 e. The predicted molar refractivity (Wildman–Crippen MR) is 136 cm³/mol. The number of carbonyl (C=O) groups excluding carboxylic acids is 1. The molecule has 0 aliphatic carbocycles. The summed E-state index contributed by atoms with van der Waals surface area (Å²) in [4.78, 5) is 12.7. The van der Waals surface area contributed by atoms with E-state index in [1.807, 2.05) is 0 Å². The lowest BCUT2D eigenvalue weighted by atomic mass is 9.87. The molecule has 218 valence electrons. The molecule has 0 spiro atoms. The van der Waals surface area contributed by atoms with Crippen LogP contribution in [-0.2, 0) is 37.6 Å². The molecule has 37 heavy (non-hydrogen) atoms. The average Bonchev–Trinajstić information content (AvgIpc) is 3.24. The second-order valence-corrected chi connectivity index (χ2v) is 16.9. The number of halogens is 1. The van der Waals surface area contributed by atoms with Gasteiger partial charge in [0.2, 0.25) is 0 Å². The van der Waals surface area contributed by atoms with Crippen molar-refractivity contribution in [1.82, 2.24) is 0 Å². The van der Waals surface area contributed by atoms with Crippen LogP contribution in [0.2, 0.25) is 18.1 Å². The third-order valence-corrected chi connectivity index (χ3v) is 12.2. The molecule has 0 saturated carbocycles. The highest BCUT2D eigenvalue weighted by molar-refractivity contribution is 6.74. The van der Waals surface area contributed by atoms with Crippen molar-refractivity contribution in [2.75, 3.05) is 27.6 Å². The highest BCUT2D eigenvalue weighted by Crippen LogP contribution is 2.45. The van der Waals surface area contributed by atoms with Gasteiger partial charge in [-0.1, -0.05) is 20.8 Å². The van der Waals surface area contributed by atoms with Crippen molar-refractivity contribution < 1.29 is 53.0 Å². The summed E-state index contributed by atoms with van der Waals surface area (Å²) in [7, 11) is 0.205. The van der Waals surface area contributed by atoms with Crippen molar-refractivity contribution in [2.45, 2.75) is 113 Å². The molecule has 2 heterocycles. The van der Waals surface area contributed by atoms with Crippen molar-refractivity contribution in [1.29, 1.82) is 0 Å². The summed E-state index contributed by atoms with van der Waals surface area (Å²) in [6, 6.07) is 0. The summed E-state index contributed by atoms with van der Waals surface area (Å²) in [5.41, 5.74) is 0. The molecule has 0 amide bonds. The second kappa shape index (κ2) is 12.9. The molecule has 9 atom stereocenters. The molecular weight excluding hydrogens is 528 g/mol. The van der Waals surface area contributed by atoms with Gasteiger partial charge in [0.15, 0.2) is 20.4 Å². The van der Waals surface area contributed by atoms with Gasteiger partial charge < -0.3 is 48.2 Å². The fraction of sp³-hybridized carbons (Fsp3) is 0.958. The van der Waals surface area contributed by atoms with E-state index in [9.17, 15) is 20.1 Å². The Morgan fingerprint density at radius 1 is 1.16 bits per heavy atom. The molecule has 0 aromatic heterocycles. The van der Waals surface area contributed by atoms with Crippen LogP contribution in [0.5, 0.6) is 0 Å². The molecule has 0 radical (unpaired) electrons. The Labute approximate surface area is 225 Å². The van der Waals surface area contributed by atoms with Gasteiger partial charge in [0.05, 0.1) is 37.4 Å². The summed E-state index contributed by atoms with van der Waals surface area (Å²) < 4.78 is 40.0. The number of alkyl halides is 1. The van der Waals surface area contributed by atoms with Gasteiger partial charge in [-0.15, -0.1) is 11.6 Å². The van der Waals surface area contributed by atoms with Crippen molar-refractivity contribution in [2.24, 2.45) is 5.92 Å². The fourth-order valence-corrected chi connectivity index (χ4v) is 5.85. The summed E-state index contributed by atoms with van der Waals surface area (Å²) >= 11 is 6.16. The van der Waals surface area contributed by atoms with E-state index >= 15 is 0 Å². The maximum absolute atomic E-state index is 12.7. The zero-order valence-electron chi connectivity index (χ0n) is 23.3. The van der Waals surface area contributed by atoms with E-state index in [0.717, 1.165) is 7.11 Å². The average molecular weight is 573 g/mol. The Morgan fingerprint density at radius 2 is 1.78 bits per heavy atom. The Kier molecular flexibility index (Phi) is 11.4. The first-order chi connectivity index (χ1) is 17.0. The number of hydrogen-bond donors (Lipinski definition) is 3. The number of hydrogen-bond acceptors (Lipinski definition) is 11. The quantitative estimate of drug-likeness (QED) is 0.128. The molecule has 0 unspecified atom stereocenters. The van der Waals surface area contributed by atoms with Crippen LogP contribution in [0.1, 0.15) is 41.0 Å². The van der Waals surface area contributed by atoms with E-state index in [-0.39, 0.29) is 18.3 Å². The number of aliphatic hydroxyl groups is 3. The molecule has 2 aliphatic rings. The van der Waals surface area contributed by atoms with Crippen molar-refractivity contribution in [3.05, 3.63) is 0 Å². The first-order valence-electron chi connectivity index (χ1n) is 12.5. The molecule has 0 aromatic carbocycles. The van der Waals surface area contributed by atoms with E-state index in [1.54, 1.807) is 13.8 Å². The lowest BCUT2D eigenvalue weighted by Crippen LogP contribution is -2.52. The predicted octanol–water partition coefficient (Wildman–Crippen LogP) is 1.74. The van der Waals surface area contributed by atoms with Gasteiger partial charge in [0.1, 0.15) is 31.0 Å². The Morgan fingerprint density at radius 3 is 2.30 bits per heavy atom. The van der Waals surface area contributed by atoms with E-state index in [4.69, 9.17) is 44.4 Å². The summed E-state index contributed by atoms with van der Waals surface area (Å²) in [5.74, 6) is -3.21. The standard InChI is InChI=1S/C24H45ClO11Si/c1-23(2,3)37(8,9)36-19-15(33-22-20(19)34-24(4,5)35-22)10-14(27)16(21(29)31-7)17(28)18(13(25)11-26)32-12-30-6/h13-20,22,26-28H,10-12H2,1-9H3/t13-,14-,15-,16+,17-,18-,19+,20-,22-/m1/s1. The van der Waals surface area contributed by atoms with Gasteiger partial charge in [-0.3, -0.25) is 4.79 Å².